The topological polar surface area (TPSA) is 51.0 Å². The number of halogens is 1. The molecule has 0 radical (unpaired) electrons. The summed E-state index contributed by atoms with van der Waals surface area (Å²) in [5.41, 5.74) is 1.02. The van der Waals surface area contributed by atoms with Crippen molar-refractivity contribution in [3.8, 4) is 0 Å². The van der Waals surface area contributed by atoms with Gasteiger partial charge >= 0.3 is 0 Å². The number of rotatable bonds is 4. The van der Waals surface area contributed by atoms with Gasteiger partial charge in [0.05, 0.1) is 6.04 Å². The number of benzene rings is 1. The third-order valence-electron chi connectivity index (χ3n) is 4.18. The van der Waals surface area contributed by atoms with Crippen LogP contribution in [0.4, 0.5) is 0 Å². The van der Waals surface area contributed by atoms with Crippen molar-refractivity contribution in [2.24, 2.45) is 5.92 Å². The molecule has 112 valence electrons. The SMILES string of the molecule is CCC1CCNC(c2nc(Cc3ccccc3Cl)no2)C1. The quantitative estimate of drug-likeness (QED) is 0.934. The van der Waals surface area contributed by atoms with Crippen LogP contribution in [0.5, 0.6) is 0 Å². The van der Waals surface area contributed by atoms with Gasteiger partial charge in [0.2, 0.25) is 5.89 Å². The predicted octanol–water partition coefficient (Wildman–Crippen LogP) is 3.76. The third-order valence-corrected chi connectivity index (χ3v) is 4.55. The Morgan fingerprint density at radius 1 is 1.38 bits per heavy atom. The van der Waals surface area contributed by atoms with Gasteiger partial charge in [-0.2, -0.15) is 4.98 Å². The van der Waals surface area contributed by atoms with Gasteiger partial charge in [-0.15, -0.1) is 0 Å². The van der Waals surface area contributed by atoms with E-state index in [2.05, 4.69) is 22.4 Å². The Kier molecular flexibility index (Phi) is 4.56. The standard InChI is InChI=1S/C16H20ClN3O/c1-2-11-7-8-18-14(9-11)16-19-15(20-21-16)10-12-5-3-4-6-13(12)17/h3-6,11,14,18H,2,7-10H2,1H3. The van der Waals surface area contributed by atoms with Gasteiger partial charge in [0.15, 0.2) is 5.82 Å². The van der Waals surface area contributed by atoms with Gasteiger partial charge in [0.1, 0.15) is 0 Å². The summed E-state index contributed by atoms with van der Waals surface area (Å²) in [4.78, 5) is 4.54. The maximum atomic E-state index is 6.17. The highest BCUT2D eigenvalue weighted by Crippen LogP contribution is 2.28. The lowest BCUT2D eigenvalue weighted by Crippen LogP contribution is -2.31. The van der Waals surface area contributed by atoms with Crippen molar-refractivity contribution in [3.05, 3.63) is 46.6 Å². The van der Waals surface area contributed by atoms with Crippen LogP contribution in [0, 0.1) is 5.92 Å². The Labute approximate surface area is 129 Å². The molecule has 3 rings (SSSR count). The molecule has 21 heavy (non-hydrogen) atoms. The number of hydrogen-bond acceptors (Lipinski definition) is 4. The van der Waals surface area contributed by atoms with Crippen molar-refractivity contribution in [2.75, 3.05) is 6.54 Å². The lowest BCUT2D eigenvalue weighted by molar-refractivity contribution is 0.245. The summed E-state index contributed by atoms with van der Waals surface area (Å²) >= 11 is 6.17. The van der Waals surface area contributed by atoms with Crippen LogP contribution in [0.15, 0.2) is 28.8 Å². The van der Waals surface area contributed by atoms with Crippen LogP contribution < -0.4 is 5.32 Å². The molecule has 1 aromatic heterocycles. The molecule has 5 heteroatoms. The van der Waals surface area contributed by atoms with E-state index in [0.717, 1.165) is 29.5 Å². The van der Waals surface area contributed by atoms with Crippen LogP contribution in [0.25, 0.3) is 0 Å². The molecule has 0 saturated carbocycles. The number of piperidine rings is 1. The van der Waals surface area contributed by atoms with Crippen molar-refractivity contribution >= 4 is 11.6 Å². The molecule has 1 aliphatic rings. The molecule has 2 heterocycles. The normalized spacial score (nSPS) is 22.4. The predicted molar refractivity (Wildman–Crippen MR) is 82.3 cm³/mol. The van der Waals surface area contributed by atoms with Crippen LogP contribution in [0.2, 0.25) is 5.02 Å². The first-order valence-electron chi connectivity index (χ1n) is 7.55. The van der Waals surface area contributed by atoms with Crippen LogP contribution in [-0.2, 0) is 6.42 Å². The van der Waals surface area contributed by atoms with E-state index in [1.54, 1.807) is 0 Å². The van der Waals surface area contributed by atoms with Gasteiger partial charge < -0.3 is 9.84 Å². The summed E-state index contributed by atoms with van der Waals surface area (Å²) in [5.74, 6) is 2.14. The first kappa shape index (κ1) is 14.5. The molecule has 1 aromatic carbocycles. The number of nitrogens with one attached hydrogen (secondary N) is 1. The Morgan fingerprint density at radius 3 is 3.05 bits per heavy atom. The molecule has 1 aliphatic heterocycles. The van der Waals surface area contributed by atoms with Gasteiger partial charge in [-0.25, -0.2) is 0 Å². The molecule has 4 nitrogen and oxygen atoms in total. The minimum atomic E-state index is 0.191. The summed E-state index contributed by atoms with van der Waals surface area (Å²) in [7, 11) is 0. The average molecular weight is 306 g/mol. The summed E-state index contributed by atoms with van der Waals surface area (Å²) in [5, 5.41) is 8.30. The first-order chi connectivity index (χ1) is 10.3. The molecular weight excluding hydrogens is 286 g/mol. The molecule has 1 N–H and O–H groups in total. The van der Waals surface area contributed by atoms with Crippen molar-refractivity contribution < 1.29 is 4.52 Å². The molecule has 1 saturated heterocycles. The smallest absolute Gasteiger partial charge is 0.243 e. The van der Waals surface area contributed by atoms with E-state index in [9.17, 15) is 0 Å². The maximum Gasteiger partial charge on any atom is 0.243 e. The van der Waals surface area contributed by atoms with Gasteiger partial charge in [-0.1, -0.05) is 48.3 Å². The van der Waals surface area contributed by atoms with Crippen molar-refractivity contribution in [2.45, 2.75) is 38.6 Å². The molecule has 0 spiro atoms. The number of nitrogens with zero attached hydrogens (tertiary/aromatic N) is 2. The van der Waals surface area contributed by atoms with E-state index < -0.39 is 0 Å². The van der Waals surface area contributed by atoms with Gasteiger partial charge in [0, 0.05) is 11.4 Å². The van der Waals surface area contributed by atoms with E-state index in [-0.39, 0.29) is 6.04 Å². The van der Waals surface area contributed by atoms with E-state index in [1.807, 2.05) is 24.3 Å². The molecule has 0 amide bonds. The van der Waals surface area contributed by atoms with E-state index in [0.29, 0.717) is 18.1 Å². The Balaban J connectivity index is 1.70. The first-order valence-corrected chi connectivity index (χ1v) is 7.93. The Hall–Kier alpha value is -1.39. The Morgan fingerprint density at radius 2 is 2.24 bits per heavy atom. The summed E-state index contributed by atoms with van der Waals surface area (Å²) < 4.78 is 5.44. The fourth-order valence-electron chi connectivity index (χ4n) is 2.85. The van der Waals surface area contributed by atoms with E-state index in [1.165, 1.54) is 12.8 Å². The molecule has 0 aliphatic carbocycles. The third kappa shape index (κ3) is 3.44. The zero-order valence-corrected chi connectivity index (χ0v) is 12.9. The zero-order valence-electron chi connectivity index (χ0n) is 12.2. The molecule has 2 atom stereocenters. The van der Waals surface area contributed by atoms with Crippen LogP contribution in [-0.4, -0.2) is 16.7 Å². The minimum absolute atomic E-state index is 0.191. The average Bonchev–Trinajstić information content (AvgIpc) is 2.98. The zero-order chi connectivity index (χ0) is 14.7. The molecule has 2 unspecified atom stereocenters. The molecule has 0 bridgehead atoms. The Bertz CT molecular complexity index is 599. The van der Waals surface area contributed by atoms with Crippen molar-refractivity contribution in [1.29, 1.82) is 0 Å². The van der Waals surface area contributed by atoms with Gasteiger partial charge in [-0.05, 0) is 36.9 Å². The van der Waals surface area contributed by atoms with E-state index in [4.69, 9.17) is 16.1 Å². The number of aromatic nitrogens is 2. The largest absolute Gasteiger partial charge is 0.338 e. The van der Waals surface area contributed by atoms with E-state index >= 15 is 0 Å². The van der Waals surface area contributed by atoms with Gasteiger partial charge in [-0.3, -0.25) is 0 Å². The van der Waals surface area contributed by atoms with Crippen molar-refractivity contribution in [3.63, 3.8) is 0 Å². The van der Waals surface area contributed by atoms with Crippen molar-refractivity contribution in [1.82, 2.24) is 15.5 Å². The fraction of sp³-hybridized carbons (Fsp3) is 0.500. The second kappa shape index (κ2) is 6.58. The van der Waals surface area contributed by atoms with Crippen LogP contribution in [0.1, 0.15) is 49.5 Å². The second-order valence-corrected chi connectivity index (χ2v) is 6.03. The molecular formula is C16H20ClN3O. The lowest BCUT2D eigenvalue weighted by Gasteiger charge is -2.27. The summed E-state index contributed by atoms with van der Waals surface area (Å²) in [6.45, 7) is 3.26. The second-order valence-electron chi connectivity index (χ2n) is 5.62. The monoisotopic (exact) mass is 305 g/mol. The van der Waals surface area contributed by atoms with Crippen LogP contribution in [0.3, 0.4) is 0 Å². The van der Waals surface area contributed by atoms with Gasteiger partial charge in [0.25, 0.3) is 0 Å². The highest BCUT2D eigenvalue weighted by Gasteiger charge is 2.26. The minimum Gasteiger partial charge on any atom is -0.338 e. The summed E-state index contributed by atoms with van der Waals surface area (Å²) in [6, 6.07) is 7.95. The lowest BCUT2D eigenvalue weighted by atomic mass is 9.90. The fourth-order valence-corrected chi connectivity index (χ4v) is 3.05. The highest BCUT2D eigenvalue weighted by molar-refractivity contribution is 6.31. The highest BCUT2D eigenvalue weighted by atomic mass is 35.5. The maximum absolute atomic E-state index is 6.17. The molecule has 2 aromatic rings. The summed E-state index contributed by atoms with van der Waals surface area (Å²) in [6.07, 6.45) is 4.11. The molecule has 1 fully saturated rings. The number of hydrogen-bond donors (Lipinski definition) is 1. The van der Waals surface area contributed by atoms with Crippen LogP contribution >= 0.6 is 11.6 Å².